The number of hydrogen-bond donors (Lipinski definition) is 1. The largest absolute Gasteiger partial charge is 0.504 e. The van der Waals surface area contributed by atoms with E-state index in [4.69, 9.17) is 9.47 Å². The fourth-order valence-corrected chi connectivity index (χ4v) is 1.57. The average molecular weight is 252 g/mol. The summed E-state index contributed by atoms with van der Waals surface area (Å²) in [5, 5.41) is 9.58. The molecule has 0 fully saturated rings. The zero-order chi connectivity index (χ0) is 13.8. The second-order valence-corrected chi connectivity index (χ2v) is 5.22. The van der Waals surface area contributed by atoms with Crippen molar-refractivity contribution in [2.45, 2.75) is 20.8 Å². The number of phenols is 1. The van der Waals surface area contributed by atoms with Crippen LogP contribution in [0.5, 0.6) is 11.5 Å². The average Bonchev–Trinajstić information content (AvgIpc) is 2.29. The Kier molecular flexibility index (Phi) is 4.59. The predicted molar refractivity (Wildman–Crippen MR) is 68.6 cm³/mol. The van der Waals surface area contributed by atoms with Gasteiger partial charge in [-0.05, 0) is 17.5 Å². The Balaban J connectivity index is 2.75. The Morgan fingerprint density at radius 3 is 2.44 bits per heavy atom. The monoisotopic (exact) mass is 252 g/mol. The van der Waals surface area contributed by atoms with E-state index in [-0.39, 0.29) is 29.7 Å². The van der Waals surface area contributed by atoms with Gasteiger partial charge in [0.05, 0.1) is 13.0 Å². The van der Waals surface area contributed by atoms with Crippen molar-refractivity contribution < 1.29 is 19.4 Å². The lowest BCUT2D eigenvalue weighted by molar-refractivity contribution is -0.150. The molecule has 1 atom stereocenters. The Morgan fingerprint density at radius 1 is 1.33 bits per heavy atom. The highest BCUT2D eigenvalue weighted by Gasteiger charge is 2.33. The van der Waals surface area contributed by atoms with Crippen molar-refractivity contribution in [2.24, 2.45) is 11.3 Å². The zero-order valence-electron chi connectivity index (χ0n) is 11.3. The summed E-state index contributed by atoms with van der Waals surface area (Å²) in [5.41, 5.74) is -0.266. The third kappa shape index (κ3) is 3.65. The van der Waals surface area contributed by atoms with E-state index >= 15 is 0 Å². The van der Waals surface area contributed by atoms with Crippen LogP contribution >= 0.6 is 0 Å². The molecule has 0 aromatic heterocycles. The molecule has 0 radical (unpaired) electrons. The predicted octanol–water partition coefficient (Wildman–Crippen LogP) is 2.61. The molecular weight excluding hydrogens is 232 g/mol. The van der Waals surface area contributed by atoms with Crippen molar-refractivity contribution in [1.29, 1.82) is 0 Å². The summed E-state index contributed by atoms with van der Waals surface area (Å²) < 4.78 is 10.3. The van der Waals surface area contributed by atoms with E-state index in [1.54, 1.807) is 24.3 Å². The van der Waals surface area contributed by atoms with Gasteiger partial charge in [-0.1, -0.05) is 32.9 Å². The molecule has 1 rings (SSSR count). The van der Waals surface area contributed by atoms with E-state index < -0.39 is 0 Å². The van der Waals surface area contributed by atoms with Crippen LogP contribution in [-0.4, -0.2) is 24.8 Å². The molecule has 100 valence electrons. The van der Waals surface area contributed by atoms with Gasteiger partial charge in [0.1, 0.15) is 6.61 Å². The lowest BCUT2D eigenvalue weighted by atomic mass is 9.81. The third-order valence-corrected chi connectivity index (χ3v) is 2.80. The highest BCUT2D eigenvalue weighted by atomic mass is 16.5. The van der Waals surface area contributed by atoms with Gasteiger partial charge >= 0.3 is 5.97 Å². The van der Waals surface area contributed by atoms with Crippen LogP contribution in [0, 0.1) is 11.3 Å². The van der Waals surface area contributed by atoms with Crippen molar-refractivity contribution in [1.82, 2.24) is 0 Å². The molecule has 4 nitrogen and oxygen atoms in total. The first-order chi connectivity index (χ1) is 8.36. The minimum Gasteiger partial charge on any atom is -0.504 e. The summed E-state index contributed by atoms with van der Waals surface area (Å²) >= 11 is 0. The van der Waals surface area contributed by atoms with Crippen molar-refractivity contribution in [3.63, 3.8) is 0 Å². The number of carbonyl (C=O) groups is 1. The number of carbonyl (C=O) groups excluding carboxylic acids is 1. The minimum atomic E-state index is -0.387. The smallest absolute Gasteiger partial charge is 0.312 e. The lowest BCUT2D eigenvalue weighted by Gasteiger charge is -2.28. The molecule has 1 unspecified atom stereocenters. The summed E-state index contributed by atoms with van der Waals surface area (Å²) in [4.78, 5) is 11.7. The summed E-state index contributed by atoms with van der Waals surface area (Å²) in [5.74, 6) is -0.259. The van der Waals surface area contributed by atoms with Crippen LogP contribution in [0.2, 0.25) is 0 Å². The van der Waals surface area contributed by atoms with Gasteiger partial charge in [-0.3, -0.25) is 4.79 Å². The maximum absolute atomic E-state index is 11.7. The Morgan fingerprint density at radius 2 is 1.94 bits per heavy atom. The number of phenolic OH excluding ortho intramolecular Hbond substituents is 1. The maximum atomic E-state index is 11.7. The molecule has 18 heavy (non-hydrogen) atoms. The first-order valence-corrected chi connectivity index (χ1v) is 5.85. The van der Waals surface area contributed by atoms with E-state index in [0.29, 0.717) is 5.75 Å². The first kappa shape index (κ1) is 14.4. The normalized spacial score (nSPS) is 12.9. The summed E-state index contributed by atoms with van der Waals surface area (Å²) in [6.45, 7) is 6.02. The highest BCUT2D eigenvalue weighted by molar-refractivity contribution is 5.73. The van der Waals surface area contributed by atoms with Crippen LogP contribution in [0.25, 0.3) is 0 Å². The van der Waals surface area contributed by atoms with Gasteiger partial charge in [0.2, 0.25) is 0 Å². The van der Waals surface area contributed by atoms with Gasteiger partial charge in [0, 0.05) is 0 Å². The highest BCUT2D eigenvalue weighted by Crippen LogP contribution is 2.30. The molecule has 0 saturated carbocycles. The third-order valence-electron chi connectivity index (χ3n) is 2.80. The van der Waals surface area contributed by atoms with E-state index in [0.717, 1.165) is 0 Å². The molecule has 0 amide bonds. The quantitative estimate of drug-likeness (QED) is 0.837. The number of ether oxygens (including phenoxy) is 2. The molecule has 1 N–H and O–H groups in total. The van der Waals surface area contributed by atoms with Crippen LogP contribution in [0.15, 0.2) is 24.3 Å². The van der Waals surface area contributed by atoms with Crippen molar-refractivity contribution >= 4 is 5.97 Å². The number of para-hydroxylation sites is 2. The van der Waals surface area contributed by atoms with Gasteiger partial charge in [0.15, 0.2) is 11.5 Å². The van der Waals surface area contributed by atoms with Crippen LogP contribution in [0.1, 0.15) is 20.8 Å². The molecule has 0 spiro atoms. The molecule has 1 aromatic carbocycles. The number of aromatic hydroxyl groups is 1. The number of benzene rings is 1. The van der Waals surface area contributed by atoms with Gasteiger partial charge in [0.25, 0.3) is 0 Å². The van der Waals surface area contributed by atoms with Crippen LogP contribution in [0.3, 0.4) is 0 Å². The molecule has 0 saturated heterocycles. The second kappa shape index (κ2) is 5.76. The Bertz CT molecular complexity index is 407. The van der Waals surface area contributed by atoms with Crippen LogP contribution in [-0.2, 0) is 9.53 Å². The van der Waals surface area contributed by atoms with E-state index in [9.17, 15) is 9.90 Å². The minimum absolute atomic E-state index is 0.0648. The van der Waals surface area contributed by atoms with Crippen molar-refractivity contribution in [3.05, 3.63) is 24.3 Å². The molecule has 0 aliphatic carbocycles. The summed E-state index contributed by atoms with van der Waals surface area (Å²) in [6, 6.07) is 6.68. The Labute approximate surface area is 108 Å². The van der Waals surface area contributed by atoms with E-state index in [1.165, 1.54) is 7.11 Å². The van der Waals surface area contributed by atoms with Crippen LogP contribution in [0.4, 0.5) is 0 Å². The van der Waals surface area contributed by atoms with Gasteiger partial charge in [-0.15, -0.1) is 0 Å². The number of rotatable bonds is 4. The number of esters is 1. The first-order valence-electron chi connectivity index (χ1n) is 5.85. The summed E-state index contributed by atoms with van der Waals surface area (Å²) in [6.07, 6.45) is 0. The molecular formula is C14H20O4. The topological polar surface area (TPSA) is 55.8 Å². The van der Waals surface area contributed by atoms with Gasteiger partial charge < -0.3 is 14.6 Å². The van der Waals surface area contributed by atoms with Gasteiger partial charge in [-0.2, -0.15) is 0 Å². The SMILES string of the molecule is COC(=O)C(COc1ccccc1O)C(C)(C)C. The fraction of sp³-hybridized carbons (Fsp3) is 0.500. The summed E-state index contributed by atoms with van der Waals surface area (Å²) in [7, 11) is 1.36. The number of methoxy groups -OCH3 is 1. The van der Waals surface area contributed by atoms with Crippen molar-refractivity contribution in [2.75, 3.05) is 13.7 Å². The fourth-order valence-electron chi connectivity index (χ4n) is 1.57. The van der Waals surface area contributed by atoms with Crippen LogP contribution < -0.4 is 4.74 Å². The maximum Gasteiger partial charge on any atom is 0.312 e. The molecule has 4 heteroatoms. The lowest BCUT2D eigenvalue weighted by Crippen LogP contribution is -2.34. The molecule has 0 aliphatic rings. The standard InChI is InChI=1S/C14H20O4/c1-14(2,3)10(13(16)17-4)9-18-12-8-6-5-7-11(12)15/h5-8,10,15H,9H2,1-4H3. The van der Waals surface area contributed by atoms with Crippen molar-refractivity contribution in [3.8, 4) is 11.5 Å². The van der Waals surface area contributed by atoms with E-state index in [1.807, 2.05) is 20.8 Å². The van der Waals surface area contributed by atoms with E-state index in [2.05, 4.69) is 0 Å². The molecule has 0 bridgehead atoms. The second-order valence-electron chi connectivity index (χ2n) is 5.22. The molecule has 0 heterocycles. The Hall–Kier alpha value is -1.71. The zero-order valence-corrected chi connectivity index (χ0v) is 11.3. The molecule has 0 aliphatic heterocycles. The number of hydrogen-bond acceptors (Lipinski definition) is 4. The van der Waals surface area contributed by atoms with Gasteiger partial charge in [-0.25, -0.2) is 0 Å². The molecule has 1 aromatic rings.